The van der Waals surface area contributed by atoms with E-state index < -0.39 is 0 Å². The number of carbonyl (C=O) groups excluding carboxylic acids is 1. The van der Waals surface area contributed by atoms with Gasteiger partial charge in [-0.05, 0) is 18.4 Å². The second-order valence-corrected chi connectivity index (χ2v) is 4.53. The average molecular weight is 249 g/mol. The van der Waals surface area contributed by atoms with Gasteiger partial charge in [0, 0.05) is 12.6 Å². The first kappa shape index (κ1) is 13.0. The molecule has 18 heavy (non-hydrogen) atoms. The van der Waals surface area contributed by atoms with Crippen LogP contribution in [0.15, 0.2) is 30.3 Å². The highest BCUT2D eigenvalue weighted by Gasteiger charge is 2.23. The van der Waals surface area contributed by atoms with Crippen LogP contribution in [0.1, 0.15) is 18.4 Å². The third-order valence-electron chi connectivity index (χ3n) is 3.09. The highest BCUT2D eigenvalue weighted by atomic mass is 16.6. The molecular weight excluding hydrogens is 230 g/mol. The second-order valence-electron chi connectivity index (χ2n) is 4.53. The van der Waals surface area contributed by atoms with Crippen LogP contribution in [-0.4, -0.2) is 24.5 Å². The maximum Gasteiger partial charge on any atom is 0.234 e. The van der Waals surface area contributed by atoms with Gasteiger partial charge in [0.2, 0.25) is 5.91 Å². The molecular formula is C13H19N3O2. The number of piperidine rings is 1. The SMILES string of the molecule is NC(=O)[C@H]1CC[C@H](NOCc2ccccc2)CN1. The second kappa shape index (κ2) is 6.49. The first-order chi connectivity index (χ1) is 8.75. The lowest BCUT2D eigenvalue weighted by molar-refractivity contribution is -0.120. The molecule has 1 amide bonds. The lowest BCUT2D eigenvalue weighted by Gasteiger charge is -2.28. The molecule has 0 spiro atoms. The number of benzene rings is 1. The largest absolute Gasteiger partial charge is 0.368 e. The maximum atomic E-state index is 11.0. The molecule has 1 fully saturated rings. The number of nitrogens with two attached hydrogens (primary N) is 1. The van der Waals surface area contributed by atoms with Gasteiger partial charge in [0.15, 0.2) is 0 Å². The van der Waals surface area contributed by atoms with Crippen molar-refractivity contribution in [3.63, 3.8) is 0 Å². The third-order valence-corrected chi connectivity index (χ3v) is 3.09. The molecule has 1 saturated heterocycles. The number of hydroxylamine groups is 1. The van der Waals surface area contributed by atoms with E-state index in [0.29, 0.717) is 13.2 Å². The van der Waals surface area contributed by atoms with E-state index in [4.69, 9.17) is 10.6 Å². The zero-order chi connectivity index (χ0) is 12.8. The van der Waals surface area contributed by atoms with Gasteiger partial charge in [0.05, 0.1) is 12.6 Å². The summed E-state index contributed by atoms with van der Waals surface area (Å²) < 4.78 is 0. The van der Waals surface area contributed by atoms with Crippen LogP contribution in [0.4, 0.5) is 0 Å². The summed E-state index contributed by atoms with van der Waals surface area (Å²) >= 11 is 0. The van der Waals surface area contributed by atoms with Gasteiger partial charge in [0.1, 0.15) is 0 Å². The van der Waals surface area contributed by atoms with Gasteiger partial charge < -0.3 is 11.1 Å². The van der Waals surface area contributed by atoms with Gasteiger partial charge in [0.25, 0.3) is 0 Å². The van der Waals surface area contributed by atoms with Crippen LogP contribution < -0.4 is 16.5 Å². The van der Waals surface area contributed by atoms with Gasteiger partial charge in [-0.15, -0.1) is 0 Å². The van der Waals surface area contributed by atoms with E-state index in [1.54, 1.807) is 0 Å². The predicted octanol–water partition coefficient (Wildman–Crippen LogP) is 0.314. The normalized spacial score (nSPS) is 23.8. The van der Waals surface area contributed by atoms with Crippen molar-refractivity contribution in [2.45, 2.75) is 31.5 Å². The summed E-state index contributed by atoms with van der Waals surface area (Å²) in [5.74, 6) is -0.279. The fraction of sp³-hybridized carbons (Fsp3) is 0.462. The zero-order valence-corrected chi connectivity index (χ0v) is 10.3. The summed E-state index contributed by atoms with van der Waals surface area (Å²) in [6.45, 7) is 1.24. The standard InChI is InChI=1S/C13H19N3O2/c14-13(17)12-7-6-11(8-15-12)16-18-9-10-4-2-1-3-5-10/h1-5,11-12,15-16H,6-9H2,(H2,14,17)/t11-,12+/m0/s1. The van der Waals surface area contributed by atoms with E-state index in [-0.39, 0.29) is 18.0 Å². The van der Waals surface area contributed by atoms with Crippen LogP contribution in [0.2, 0.25) is 0 Å². The molecule has 0 saturated carbocycles. The smallest absolute Gasteiger partial charge is 0.234 e. The number of amides is 1. The Morgan fingerprint density at radius 3 is 2.78 bits per heavy atom. The summed E-state index contributed by atoms with van der Waals surface area (Å²) in [7, 11) is 0. The Morgan fingerprint density at radius 2 is 2.17 bits per heavy atom. The Balaban J connectivity index is 1.65. The molecule has 1 aromatic carbocycles. The first-order valence-electron chi connectivity index (χ1n) is 6.19. The minimum Gasteiger partial charge on any atom is -0.368 e. The van der Waals surface area contributed by atoms with E-state index in [9.17, 15) is 4.79 Å². The summed E-state index contributed by atoms with van der Waals surface area (Å²) in [4.78, 5) is 16.4. The number of hydrogen-bond donors (Lipinski definition) is 3. The van der Waals surface area contributed by atoms with Gasteiger partial charge in [-0.3, -0.25) is 9.63 Å². The highest BCUT2D eigenvalue weighted by molar-refractivity contribution is 5.79. The minimum absolute atomic E-state index is 0.197. The Labute approximate surface area is 107 Å². The lowest BCUT2D eigenvalue weighted by atomic mass is 10.0. The Morgan fingerprint density at radius 1 is 1.39 bits per heavy atom. The quantitative estimate of drug-likeness (QED) is 0.657. The number of carbonyl (C=O) groups is 1. The highest BCUT2D eigenvalue weighted by Crippen LogP contribution is 2.08. The van der Waals surface area contributed by atoms with Gasteiger partial charge >= 0.3 is 0 Å². The number of nitrogens with one attached hydrogen (secondary N) is 2. The molecule has 2 atom stereocenters. The summed E-state index contributed by atoms with van der Waals surface area (Å²) in [5, 5.41) is 3.10. The van der Waals surface area contributed by atoms with Crippen LogP contribution in [0.25, 0.3) is 0 Å². The summed E-state index contributed by atoms with van der Waals surface area (Å²) in [5.41, 5.74) is 9.38. The molecule has 98 valence electrons. The van der Waals surface area contributed by atoms with Crippen molar-refractivity contribution in [3.05, 3.63) is 35.9 Å². The Kier molecular flexibility index (Phi) is 4.69. The third kappa shape index (κ3) is 3.80. The van der Waals surface area contributed by atoms with Crippen LogP contribution in [-0.2, 0) is 16.2 Å². The van der Waals surface area contributed by atoms with Crippen molar-refractivity contribution in [2.75, 3.05) is 6.54 Å². The lowest BCUT2D eigenvalue weighted by Crippen LogP contribution is -2.52. The van der Waals surface area contributed by atoms with E-state index >= 15 is 0 Å². The number of rotatable bonds is 5. The van der Waals surface area contributed by atoms with E-state index in [1.165, 1.54) is 0 Å². The fourth-order valence-electron chi connectivity index (χ4n) is 2.02. The molecule has 1 heterocycles. The van der Waals surface area contributed by atoms with Crippen molar-refractivity contribution < 1.29 is 9.63 Å². The molecule has 5 nitrogen and oxygen atoms in total. The van der Waals surface area contributed by atoms with E-state index in [2.05, 4.69) is 10.8 Å². The van der Waals surface area contributed by atoms with Gasteiger partial charge in [-0.1, -0.05) is 30.3 Å². The fourth-order valence-corrected chi connectivity index (χ4v) is 2.02. The first-order valence-corrected chi connectivity index (χ1v) is 6.19. The average Bonchev–Trinajstić information content (AvgIpc) is 2.40. The molecule has 2 rings (SSSR count). The van der Waals surface area contributed by atoms with Crippen molar-refractivity contribution in [1.82, 2.24) is 10.8 Å². The van der Waals surface area contributed by atoms with Crippen molar-refractivity contribution in [1.29, 1.82) is 0 Å². The molecule has 4 N–H and O–H groups in total. The summed E-state index contributed by atoms with van der Waals surface area (Å²) in [6.07, 6.45) is 1.64. The molecule has 0 bridgehead atoms. The topological polar surface area (TPSA) is 76.4 Å². The Hall–Kier alpha value is -1.43. The van der Waals surface area contributed by atoms with Gasteiger partial charge in [-0.25, -0.2) is 0 Å². The summed E-state index contributed by atoms with van der Waals surface area (Å²) in [6, 6.07) is 10.0. The van der Waals surface area contributed by atoms with E-state index in [1.807, 2.05) is 30.3 Å². The number of hydrogen-bond acceptors (Lipinski definition) is 4. The number of primary amides is 1. The van der Waals surface area contributed by atoms with Crippen molar-refractivity contribution in [3.8, 4) is 0 Å². The predicted molar refractivity (Wildman–Crippen MR) is 68.4 cm³/mol. The molecule has 1 aromatic rings. The van der Waals surface area contributed by atoms with Crippen LogP contribution in [0.3, 0.4) is 0 Å². The van der Waals surface area contributed by atoms with Crippen molar-refractivity contribution in [2.24, 2.45) is 5.73 Å². The van der Waals surface area contributed by atoms with E-state index in [0.717, 1.165) is 18.4 Å². The maximum absolute atomic E-state index is 11.0. The molecule has 0 aliphatic carbocycles. The van der Waals surface area contributed by atoms with Crippen LogP contribution in [0, 0.1) is 0 Å². The van der Waals surface area contributed by atoms with Crippen LogP contribution in [0.5, 0.6) is 0 Å². The molecule has 0 aromatic heterocycles. The van der Waals surface area contributed by atoms with Crippen LogP contribution >= 0.6 is 0 Å². The molecule has 1 aliphatic rings. The van der Waals surface area contributed by atoms with Crippen molar-refractivity contribution >= 4 is 5.91 Å². The minimum atomic E-state index is -0.279. The van der Waals surface area contributed by atoms with Gasteiger partial charge in [-0.2, -0.15) is 5.48 Å². The Bertz CT molecular complexity index is 375. The zero-order valence-electron chi connectivity index (χ0n) is 10.3. The molecule has 1 aliphatic heterocycles. The monoisotopic (exact) mass is 249 g/mol. The molecule has 5 heteroatoms. The molecule has 0 radical (unpaired) electrons. The molecule has 0 unspecified atom stereocenters.